The molecule has 3 heteroatoms. The van der Waals surface area contributed by atoms with E-state index in [1.165, 1.54) is 17.3 Å². The van der Waals surface area contributed by atoms with Crippen molar-refractivity contribution >= 4 is 16.9 Å². The Morgan fingerprint density at radius 2 is 2.39 bits per heavy atom. The third-order valence-electron chi connectivity index (χ3n) is 4.42. The van der Waals surface area contributed by atoms with E-state index in [2.05, 4.69) is 19.9 Å². The summed E-state index contributed by atoms with van der Waals surface area (Å²) in [6.07, 6.45) is 7.81. The van der Waals surface area contributed by atoms with E-state index in [1.54, 1.807) is 6.26 Å². The maximum atomic E-state index is 11.7. The Morgan fingerprint density at radius 1 is 1.56 bits per heavy atom. The molecule has 0 spiro atoms. The van der Waals surface area contributed by atoms with Gasteiger partial charge in [0.1, 0.15) is 0 Å². The number of thioether (sulfide) groups is 1. The van der Waals surface area contributed by atoms with Crippen LogP contribution in [0.1, 0.15) is 25.8 Å². The average Bonchev–Trinajstić information content (AvgIpc) is 2.78. The van der Waals surface area contributed by atoms with Crippen molar-refractivity contribution in [2.24, 2.45) is 17.3 Å². The van der Waals surface area contributed by atoms with Crippen molar-refractivity contribution in [3.05, 3.63) is 35.8 Å². The molecule has 1 saturated heterocycles. The average molecular weight is 262 g/mol. The summed E-state index contributed by atoms with van der Waals surface area (Å²) in [5, 5.41) is 0.291. The normalized spacial score (nSPS) is 32.1. The summed E-state index contributed by atoms with van der Waals surface area (Å²) in [4.78, 5) is 11.7. The molecule has 2 heterocycles. The van der Waals surface area contributed by atoms with Crippen molar-refractivity contribution in [3.8, 4) is 0 Å². The molecule has 0 amide bonds. The van der Waals surface area contributed by atoms with Gasteiger partial charge in [-0.15, -0.1) is 0 Å². The lowest BCUT2D eigenvalue weighted by Gasteiger charge is -1.99. The highest BCUT2D eigenvalue weighted by atomic mass is 32.2. The second-order valence-electron chi connectivity index (χ2n) is 5.87. The second-order valence-corrected chi connectivity index (χ2v) is 6.93. The highest BCUT2D eigenvalue weighted by Gasteiger charge is 2.56. The molecule has 0 radical (unpaired) electrons. The number of rotatable bonds is 3. The van der Waals surface area contributed by atoms with Gasteiger partial charge in [-0.2, -0.15) is 0 Å². The fraction of sp³-hybridized carbons (Fsp3) is 0.533. The molecule has 3 rings (SSSR count). The van der Waals surface area contributed by atoms with Gasteiger partial charge in [0.2, 0.25) is 5.12 Å². The van der Waals surface area contributed by atoms with Crippen molar-refractivity contribution in [2.75, 3.05) is 5.75 Å². The Labute approximate surface area is 112 Å². The van der Waals surface area contributed by atoms with Crippen molar-refractivity contribution in [2.45, 2.75) is 26.7 Å². The Balaban J connectivity index is 1.72. The first-order valence-electron chi connectivity index (χ1n) is 6.48. The van der Waals surface area contributed by atoms with Gasteiger partial charge in [0, 0.05) is 11.3 Å². The van der Waals surface area contributed by atoms with Gasteiger partial charge >= 0.3 is 0 Å². The smallest absolute Gasteiger partial charge is 0.215 e. The fourth-order valence-electron chi connectivity index (χ4n) is 2.99. The van der Waals surface area contributed by atoms with Gasteiger partial charge in [-0.3, -0.25) is 4.79 Å². The highest BCUT2D eigenvalue weighted by molar-refractivity contribution is 8.14. The summed E-state index contributed by atoms with van der Waals surface area (Å²) >= 11 is 1.46. The summed E-state index contributed by atoms with van der Waals surface area (Å²) in [5.41, 5.74) is 2.63. The number of hydrogen-bond donors (Lipinski definition) is 0. The molecule has 0 bridgehead atoms. The monoisotopic (exact) mass is 262 g/mol. The molecule has 2 aliphatic rings. The molecule has 18 heavy (non-hydrogen) atoms. The van der Waals surface area contributed by atoms with Crippen LogP contribution in [0.4, 0.5) is 0 Å². The molecule has 0 unspecified atom stereocenters. The van der Waals surface area contributed by atoms with Crippen LogP contribution in [0.25, 0.3) is 0 Å². The van der Waals surface area contributed by atoms with Crippen LogP contribution in [-0.2, 0) is 11.2 Å². The van der Waals surface area contributed by atoms with Gasteiger partial charge in [-0.05, 0) is 41.7 Å². The van der Waals surface area contributed by atoms with E-state index in [0.717, 1.165) is 24.2 Å². The van der Waals surface area contributed by atoms with Crippen molar-refractivity contribution in [1.82, 2.24) is 0 Å². The van der Waals surface area contributed by atoms with Crippen LogP contribution < -0.4 is 0 Å². The number of allylic oxidation sites excluding steroid dienone is 1. The Kier molecular flexibility index (Phi) is 2.89. The van der Waals surface area contributed by atoms with Gasteiger partial charge < -0.3 is 4.42 Å². The van der Waals surface area contributed by atoms with E-state index < -0.39 is 0 Å². The summed E-state index contributed by atoms with van der Waals surface area (Å²) in [5.74, 6) is 2.15. The summed E-state index contributed by atoms with van der Waals surface area (Å²) < 4.78 is 5.12. The maximum Gasteiger partial charge on any atom is 0.215 e. The van der Waals surface area contributed by atoms with E-state index in [1.807, 2.05) is 12.3 Å². The zero-order chi connectivity index (χ0) is 12.8. The Hall–Kier alpha value is -0.960. The van der Waals surface area contributed by atoms with Gasteiger partial charge in [-0.1, -0.05) is 31.7 Å². The van der Waals surface area contributed by atoms with E-state index in [-0.39, 0.29) is 0 Å². The minimum absolute atomic E-state index is 0.291. The zero-order valence-electron chi connectivity index (χ0n) is 10.8. The predicted octanol–water partition coefficient (Wildman–Crippen LogP) is 3.68. The van der Waals surface area contributed by atoms with Gasteiger partial charge in [0.15, 0.2) is 0 Å². The summed E-state index contributed by atoms with van der Waals surface area (Å²) in [6.45, 7) is 4.60. The van der Waals surface area contributed by atoms with Gasteiger partial charge in [0.25, 0.3) is 0 Å². The third-order valence-corrected chi connectivity index (χ3v) is 5.35. The predicted molar refractivity (Wildman–Crippen MR) is 73.3 cm³/mol. The summed E-state index contributed by atoms with van der Waals surface area (Å²) in [7, 11) is 0. The van der Waals surface area contributed by atoms with E-state index in [9.17, 15) is 4.79 Å². The SMILES string of the molecule is CC1(C)[C@H](Cc2ccoc2)[C@@H]1/C=C1\CCSC1=O. The van der Waals surface area contributed by atoms with Crippen LogP contribution in [0.15, 0.2) is 34.7 Å². The molecular weight excluding hydrogens is 244 g/mol. The van der Waals surface area contributed by atoms with Crippen LogP contribution in [0, 0.1) is 17.3 Å². The quantitative estimate of drug-likeness (QED) is 0.778. The number of furan rings is 1. The molecule has 2 fully saturated rings. The molecule has 1 aliphatic carbocycles. The van der Waals surface area contributed by atoms with Crippen LogP contribution in [0.2, 0.25) is 0 Å². The van der Waals surface area contributed by atoms with Crippen LogP contribution in [-0.4, -0.2) is 10.9 Å². The highest BCUT2D eigenvalue weighted by Crippen LogP contribution is 2.61. The van der Waals surface area contributed by atoms with Gasteiger partial charge in [0.05, 0.1) is 12.5 Å². The van der Waals surface area contributed by atoms with Gasteiger partial charge in [-0.25, -0.2) is 0 Å². The first kappa shape index (κ1) is 12.1. The lowest BCUT2D eigenvalue weighted by Crippen LogP contribution is -1.93. The molecule has 2 atom stereocenters. The number of hydrogen-bond acceptors (Lipinski definition) is 3. The molecule has 2 nitrogen and oxygen atoms in total. The second kappa shape index (κ2) is 4.30. The maximum absolute atomic E-state index is 11.7. The first-order chi connectivity index (χ1) is 8.59. The molecular formula is C15H18O2S. The Morgan fingerprint density at radius 3 is 3.00 bits per heavy atom. The van der Waals surface area contributed by atoms with E-state index in [0.29, 0.717) is 22.4 Å². The van der Waals surface area contributed by atoms with E-state index in [4.69, 9.17) is 4.42 Å². The molecule has 1 aromatic heterocycles. The first-order valence-corrected chi connectivity index (χ1v) is 7.46. The minimum Gasteiger partial charge on any atom is -0.472 e. The van der Waals surface area contributed by atoms with Crippen LogP contribution in [0.3, 0.4) is 0 Å². The lowest BCUT2D eigenvalue weighted by molar-refractivity contribution is -0.107. The third kappa shape index (κ3) is 2.05. The topological polar surface area (TPSA) is 30.2 Å². The molecule has 0 N–H and O–H groups in total. The van der Waals surface area contributed by atoms with Crippen LogP contribution >= 0.6 is 11.8 Å². The molecule has 0 aromatic carbocycles. The molecule has 96 valence electrons. The van der Waals surface area contributed by atoms with E-state index >= 15 is 0 Å². The molecule has 1 aliphatic heterocycles. The largest absolute Gasteiger partial charge is 0.472 e. The van der Waals surface area contributed by atoms with Crippen molar-refractivity contribution in [3.63, 3.8) is 0 Å². The number of carbonyl (C=O) groups is 1. The summed E-state index contributed by atoms with van der Waals surface area (Å²) in [6, 6.07) is 2.04. The molecule has 1 saturated carbocycles. The Bertz CT molecular complexity index is 485. The van der Waals surface area contributed by atoms with Crippen molar-refractivity contribution in [1.29, 1.82) is 0 Å². The molecule has 1 aromatic rings. The van der Waals surface area contributed by atoms with Crippen LogP contribution in [0.5, 0.6) is 0 Å². The van der Waals surface area contributed by atoms with Crippen molar-refractivity contribution < 1.29 is 9.21 Å². The fourth-order valence-corrected chi connectivity index (χ4v) is 3.85. The zero-order valence-corrected chi connectivity index (χ0v) is 11.6. The standard InChI is InChI=1S/C15H18O2S/c1-15(2)12(7-10-3-5-17-9-10)13(15)8-11-4-6-18-14(11)16/h3,5,8-9,12-13H,4,6-7H2,1-2H3/b11-8+/t12-,13+/m1/s1. The number of carbonyl (C=O) groups excluding carboxylic acids is 1. The lowest BCUT2D eigenvalue weighted by atomic mass is 10.0. The minimum atomic E-state index is 0.291.